The Morgan fingerprint density at radius 1 is 1.21 bits per heavy atom. The van der Waals surface area contributed by atoms with Gasteiger partial charge in [0.15, 0.2) is 11.8 Å². The number of hydrogen-bond donors (Lipinski definition) is 2. The predicted octanol–water partition coefficient (Wildman–Crippen LogP) is 1.96. The van der Waals surface area contributed by atoms with Crippen LogP contribution in [-0.4, -0.2) is 65.0 Å². The molecular weight excluding hydrogens is 505 g/mol. The number of nitrogens with zero attached hydrogens (tertiary/aromatic N) is 5. The highest BCUT2D eigenvalue weighted by Crippen LogP contribution is 2.15. The van der Waals surface area contributed by atoms with Crippen molar-refractivity contribution in [1.82, 2.24) is 30.3 Å². The van der Waals surface area contributed by atoms with Crippen LogP contribution < -0.4 is 10.6 Å². The van der Waals surface area contributed by atoms with Gasteiger partial charge in [0.25, 0.3) is 0 Å². The lowest BCUT2D eigenvalue weighted by Gasteiger charge is -2.26. The molecule has 29 heavy (non-hydrogen) atoms. The van der Waals surface area contributed by atoms with E-state index in [0.29, 0.717) is 13.1 Å². The number of aliphatic imine (C=N–C) groups is 1. The molecule has 0 unspecified atom stereocenters. The van der Waals surface area contributed by atoms with E-state index in [1.165, 1.54) is 0 Å². The highest BCUT2D eigenvalue weighted by atomic mass is 127. The smallest absolute Gasteiger partial charge is 0.192 e. The van der Waals surface area contributed by atoms with Gasteiger partial charge in [-0.1, -0.05) is 29.8 Å². The number of nitrogens with one attached hydrogen (secondary N) is 2. The summed E-state index contributed by atoms with van der Waals surface area (Å²) in [6.07, 6.45) is 0. The molecule has 1 aliphatic rings. The van der Waals surface area contributed by atoms with Crippen molar-refractivity contribution >= 4 is 41.5 Å². The van der Waals surface area contributed by atoms with Crippen LogP contribution in [0.25, 0.3) is 0 Å². The van der Waals surface area contributed by atoms with Crippen molar-refractivity contribution in [3.05, 3.63) is 46.5 Å². The average Bonchev–Trinajstić information content (AvgIpc) is 3.03. The standard InChI is InChI=1S/C19H28ClN7O.HI/c1-15-24-25-18(26(15)2)14-23-19(21-7-8-27-9-11-28-12-10-27)22-13-16-5-3-4-6-17(16)20;/h3-6H,7-14H2,1-2H3,(H2,21,22,23);1H. The number of ether oxygens (including phenoxy) is 1. The highest BCUT2D eigenvalue weighted by molar-refractivity contribution is 14.0. The molecule has 0 aliphatic carbocycles. The first-order valence-corrected chi connectivity index (χ1v) is 9.92. The lowest BCUT2D eigenvalue weighted by atomic mass is 10.2. The van der Waals surface area contributed by atoms with Crippen molar-refractivity contribution in [3.63, 3.8) is 0 Å². The van der Waals surface area contributed by atoms with E-state index < -0.39 is 0 Å². The summed E-state index contributed by atoms with van der Waals surface area (Å²) in [7, 11) is 1.96. The SMILES string of the molecule is Cc1nnc(CNC(=NCc2ccccc2Cl)NCCN2CCOCC2)n1C.I. The average molecular weight is 534 g/mol. The minimum absolute atomic E-state index is 0. The lowest BCUT2D eigenvalue weighted by molar-refractivity contribution is 0.0389. The number of aryl methyl sites for hydroxylation is 1. The molecule has 0 spiro atoms. The molecule has 2 heterocycles. The summed E-state index contributed by atoms with van der Waals surface area (Å²) >= 11 is 6.26. The van der Waals surface area contributed by atoms with Crippen LogP contribution in [0.4, 0.5) is 0 Å². The van der Waals surface area contributed by atoms with E-state index in [2.05, 4.69) is 25.7 Å². The third-order valence-electron chi connectivity index (χ3n) is 4.79. The molecule has 0 bridgehead atoms. The zero-order chi connectivity index (χ0) is 19.8. The molecule has 1 aliphatic heterocycles. The zero-order valence-corrected chi connectivity index (χ0v) is 20.0. The maximum Gasteiger partial charge on any atom is 0.192 e. The van der Waals surface area contributed by atoms with E-state index in [1.54, 1.807) is 0 Å². The summed E-state index contributed by atoms with van der Waals surface area (Å²) in [5.74, 6) is 2.47. The zero-order valence-electron chi connectivity index (χ0n) is 16.9. The Balaban J connectivity index is 0.00000300. The number of halogens is 2. The van der Waals surface area contributed by atoms with Crippen LogP contribution in [-0.2, 0) is 24.9 Å². The summed E-state index contributed by atoms with van der Waals surface area (Å²) in [5.41, 5.74) is 0.993. The second-order valence-corrected chi connectivity index (χ2v) is 7.12. The van der Waals surface area contributed by atoms with E-state index in [1.807, 2.05) is 42.8 Å². The number of benzene rings is 1. The van der Waals surface area contributed by atoms with Crippen molar-refractivity contribution in [1.29, 1.82) is 0 Å². The predicted molar refractivity (Wildman–Crippen MR) is 126 cm³/mol. The van der Waals surface area contributed by atoms with Gasteiger partial charge >= 0.3 is 0 Å². The number of guanidine groups is 1. The summed E-state index contributed by atoms with van der Waals surface area (Å²) in [6.45, 7) is 8.27. The monoisotopic (exact) mass is 533 g/mol. The van der Waals surface area contributed by atoms with Gasteiger partial charge in [0.1, 0.15) is 5.82 Å². The van der Waals surface area contributed by atoms with Gasteiger partial charge in [-0.05, 0) is 18.6 Å². The molecule has 0 saturated carbocycles. The first kappa shape index (κ1) is 23.8. The van der Waals surface area contributed by atoms with Crippen molar-refractivity contribution in [2.45, 2.75) is 20.0 Å². The Labute approximate surface area is 194 Å². The fourth-order valence-electron chi connectivity index (χ4n) is 2.89. The van der Waals surface area contributed by atoms with Crippen LogP contribution in [0.2, 0.25) is 5.02 Å². The lowest BCUT2D eigenvalue weighted by Crippen LogP contribution is -2.44. The Morgan fingerprint density at radius 2 is 1.97 bits per heavy atom. The molecule has 160 valence electrons. The number of rotatable bonds is 7. The van der Waals surface area contributed by atoms with Gasteiger partial charge in [0.05, 0.1) is 26.3 Å². The summed E-state index contributed by atoms with van der Waals surface area (Å²) in [5, 5.41) is 15.8. The van der Waals surface area contributed by atoms with Crippen molar-refractivity contribution < 1.29 is 4.74 Å². The maximum atomic E-state index is 6.26. The first-order valence-electron chi connectivity index (χ1n) is 9.54. The normalized spacial score (nSPS) is 15.1. The van der Waals surface area contributed by atoms with Gasteiger partial charge in [0.2, 0.25) is 0 Å². The van der Waals surface area contributed by atoms with E-state index in [-0.39, 0.29) is 24.0 Å². The molecule has 0 amide bonds. The fourth-order valence-corrected chi connectivity index (χ4v) is 3.09. The van der Waals surface area contributed by atoms with Crippen LogP contribution in [0, 0.1) is 6.92 Å². The van der Waals surface area contributed by atoms with Gasteiger partial charge in [-0.15, -0.1) is 34.2 Å². The molecule has 1 aromatic heterocycles. The Hall–Kier alpha value is -1.43. The van der Waals surface area contributed by atoms with Gasteiger partial charge in [0, 0.05) is 38.2 Å². The van der Waals surface area contributed by atoms with Crippen molar-refractivity contribution in [2.75, 3.05) is 39.4 Å². The molecule has 10 heteroatoms. The van der Waals surface area contributed by atoms with E-state index in [9.17, 15) is 0 Å². The van der Waals surface area contributed by atoms with Crippen LogP contribution in [0.15, 0.2) is 29.3 Å². The third kappa shape index (κ3) is 7.40. The molecule has 1 saturated heterocycles. The van der Waals surface area contributed by atoms with E-state index in [4.69, 9.17) is 21.3 Å². The molecule has 0 atom stereocenters. The third-order valence-corrected chi connectivity index (χ3v) is 5.15. The van der Waals surface area contributed by atoms with E-state index in [0.717, 1.165) is 67.6 Å². The molecule has 8 nitrogen and oxygen atoms in total. The Bertz CT molecular complexity index is 793. The minimum atomic E-state index is 0. The van der Waals surface area contributed by atoms with Crippen LogP contribution in [0.5, 0.6) is 0 Å². The molecule has 1 fully saturated rings. The molecular formula is C19H29ClIN7O. The largest absolute Gasteiger partial charge is 0.379 e. The molecule has 0 radical (unpaired) electrons. The van der Waals surface area contributed by atoms with Crippen LogP contribution in [0.1, 0.15) is 17.2 Å². The molecule has 2 aromatic rings. The number of hydrogen-bond acceptors (Lipinski definition) is 5. The number of morpholine rings is 1. The Kier molecular flexibility index (Phi) is 10.1. The van der Waals surface area contributed by atoms with Gasteiger partial charge < -0.3 is 19.9 Å². The van der Waals surface area contributed by atoms with Gasteiger partial charge in [-0.3, -0.25) is 4.90 Å². The minimum Gasteiger partial charge on any atom is -0.379 e. The highest BCUT2D eigenvalue weighted by Gasteiger charge is 2.11. The van der Waals surface area contributed by atoms with E-state index >= 15 is 0 Å². The van der Waals surface area contributed by atoms with Crippen LogP contribution in [0.3, 0.4) is 0 Å². The van der Waals surface area contributed by atoms with Gasteiger partial charge in [-0.25, -0.2) is 4.99 Å². The topological polar surface area (TPSA) is 79.6 Å². The van der Waals surface area contributed by atoms with Gasteiger partial charge in [-0.2, -0.15) is 0 Å². The summed E-state index contributed by atoms with van der Waals surface area (Å²) < 4.78 is 7.37. The fraction of sp³-hybridized carbons (Fsp3) is 0.526. The molecule has 1 aromatic carbocycles. The summed E-state index contributed by atoms with van der Waals surface area (Å²) in [6, 6.07) is 7.76. The van der Waals surface area contributed by atoms with Crippen LogP contribution >= 0.6 is 35.6 Å². The maximum absolute atomic E-state index is 6.26. The second-order valence-electron chi connectivity index (χ2n) is 6.71. The summed E-state index contributed by atoms with van der Waals surface area (Å²) in [4.78, 5) is 7.08. The van der Waals surface area contributed by atoms with Crippen molar-refractivity contribution in [2.24, 2.45) is 12.0 Å². The second kappa shape index (κ2) is 12.3. The molecule has 2 N–H and O–H groups in total. The first-order chi connectivity index (χ1) is 13.6. The Morgan fingerprint density at radius 3 is 2.66 bits per heavy atom. The number of aromatic nitrogens is 3. The van der Waals surface area contributed by atoms with Crippen molar-refractivity contribution in [3.8, 4) is 0 Å². The molecule has 3 rings (SSSR count). The quantitative estimate of drug-likeness (QED) is 0.322.